The lowest BCUT2D eigenvalue weighted by atomic mass is 10.2. The normalized spacial score (nSPS) is 12.4. The number of rotatable bonds is 5. The Morgan fingerprint density at radius 2 is 2.10 bits per heavy atom. The van der Waals surface area contributed by atoms with Gasteiger partial charge in [-0.3, -0.25) is 5.32 Å². The predicted octanol–water partition coefficient (Wildman–Crippen LogP) is 3.17. The maximum atomic E-state index is 12.3. The summed E-state index contributed by atoms with van der Waals surface area (Å²) in [4.78, 5) is 17.0. The average molecular weight is 333 g/mol. The molecule has 10 heteroatoms. The highest BCUT2D eigenvalue weighted by atomic mass is 32.1. The van der Waals surface area contributed by atoms with Gasteiger partial charge in [0.05, 0.1) is 5.01 Å². The molecule has 2 aromatic rings. The first kappa shape index (κ1) is 15.7. The maximum absolute atomic E-state index is 12.3. The fraction of sp³-hybridized carbons (Fsp3) is 0.455. The Hall–Kier alpha value is -1.68. The monoisotopic (exact) mass is 333 g/mol. The van der Waals surface area contributed by atoms with Crippen molar-refractivity contribution in [2.24, 2.45) is 0 Å². The number of urea groups is 1. The first-order valence-electron chi connectivity index (χ1n) is 6.04. The number of hydrogen-bond acceptors (Lipinski definition) is 6. The van der Waals surface area contributed by atoms with E-state index < -0.39 is 17.5 Å². The zero-order valence-corrected chi connectivity index (χ0v) is 12.9. The van der Waals surface area contributed by atoms with E-state index in [9.17, 15) is 13.6 Å². The second-order valence-electron chi connectivity index (χ2n) is 4.29. The number of anilines is 1. The fourth-order valence-electron chi connectivity index (χ4n) is 1.45. The van der Waals surface area contributed by atoms with Crippen molar-refractivity contribution in [2.45, 2.75) is 26.2 Å². The van der Waals surface area contributed by atoms with Gasteiger partial charge in [0.2, 0.25) is 5.13 Å². The molecule has 2 aromatic heterocycles. The van der Waals surface area contributed by atoms with Crippen molar-refractivity contribution < 1.29 is 13.6 Å². The molecule has 2 N–H and O–H groups in total. The molecule has 0 spiro atoms. The number of carbonyl (C=O) groups is 1. The third-order valence-electron chi connectivity index (χ3n) is 2.48. The Bertz CT molecular complexity index is 615. The molecular formula is C11H13F2N5OS2. The van der Waals surface area contributed by atoms with E-state index in [4.69, 9.17) is 0 Å². The van der Waals surface area contributed by atoms with Gasteiger partial charge in [0.25, 0.3) is 6.43 Å². The van der Waals surface area contributed by atoms with E-state index in [0.29, 0.717) is 17.9 Å². The van der Waals surface area contributed by atoms with Crippen LogP contribution in [0.5, 0.6) is 0 Å². The average Bonchev–Trinajstić information content (AvgIpc) is 3.05. The number of carbonyl (C=O) groups excluding carboxylic acids is 1. The molecular weight excluding hydrogens is 320 g/mol. The summed E-state index contributed by atoms with van der Waals surface area (Å²) >= 11 is 2.22. The molecule has 2 heterocycles. The molecule has 2 rings (SSSR count). The molecule has 0 aliphatic heterocycles. The molecule has 0 bridgehead atoms. The zero-order chi connectivity index (χ0) is 15.4. The quantitative estimate of drug-likeness (QED) is 0.881. The Balaban J connectivity index is 1.81. The molecule has 0 aliphatic carbocycles. The van der Waals surface area contributed by atoms with E-state index in [1.165, 1.54) is 0 Å². The number of halogens is 2. The van der Waals surface area contributed by atoms with Crippen LogP contribution in [0.2, 0.25) is 0 Å². The van der Waals surface area contributed by atoms with Crippen molar-refractivity contribution in [1.29, 1.82) is 0 Å². The fourth-order valence-corrected chi connectivity index (χ4v) is 2.87. The van der Waals surface area contributed by atoms with Crippen molar-refractivity contribution >= 4 is 33.8 Å². The largest absolute Gasteiger partial charge is 0.337 e. The summed E-state index contributed by atoms with van der Waals surface area (Å²) in [7, 11) is 0. The van der Waals surface area contributed by atoms with E-state index in [2.05, 4.69) is 25.8 Å². The van der Waals surface area contributed by atoms with Gasteiger partial charge in [-0.2, -0.15) is 0 Å². The summed E-state index contributed by atoms with van der Waals surface area (Å²) < 4.78 is 24.7. The van der Waals surface area contributed by atoms with Crippen molar-refractivity contribution in [3.63, 3.8) is 0 Å². The van der Waals surface area contributed by atoms with Crippen molar-refractivity contribution in [3.05, 3.63) is 21.1 Å². The minimum atomic E-state index is -2.69. The molecule has 6 nitrogen and oxygen atoms in total. The molecule has 114 valence electrons. The molecule has 0 saturated heterocycles. The molecule has 0 aromatic carbocycles. The Labute approximate surface area is 127 Å². The highest BCUT2D eigenvalue weighted by molar-refractivity contribution is 7.15. The van der Waals surface area contributed by atoms with Crippen LogP contribution in [0.4, 0.5) is 18.7 Å². The number of nitrogens with zero attached hydrogens (tertiary/aromatic N) is 3. The van der Waals surface area contributed by atoms with Crippen LogP contribution in [0, 0.1) is 6.92 Å². The molecule has 0 aliphatic rings. The van der Waals surface area contributed by atoms with Crippen LogP contribution in [0.15, 0.2) is 6.20 Å². The van der Waals surface area contributed by atoms with E-state index in [0.717, 1.165) is 9.88 Å². The van der Waals surface area contributed by atoms with E-state index in [-0.39, 0.29) is 11.0 Å². The summed E-state index contributed by atoms with van der Waals surface area (Å²) in [6.07, 6.45) is -0.904. The van der Waals surface area contributed by atoms with E-state index >= 15 is 0 Å². The van der Waals surface area contributed by atoms with Gasteiger partial charge < -0.3 is 5.32 Å². The van der Waals surface area contributed by atoms with Crippen LogP contribution in [0.25, 0.3) is 0 Å². The van der Waals surface area contributed by atoms with Crippen LogP contribution in [0.1, 0.15) is 34.2 Å². The number of amides is 2. The Morgan fingerprint density at radius 3 is 2.67 bits per heavy atom. The molecule has 0 radical (unpaired) electrons. The third-order valence-corrected chi connectivity index (χ3v) is 4.47. The van der Waals surface area contributed by atoms with E-state index in [1.54, 1.807) is 17.5 Å². The lowest BCUT2D eigenvalue weighted by molar-refractivity contribution is 0.150. The summed E-state index contributed by atoms with van der Waals surface area (Å²) in [6, 6.07) is -0.507. The predicted molar refractivity (Wildman–Crippen MR) is 77.2 cm³/mol. The highest BCUT2D eigenvalue weighted by Crippen LogP contribution is 2.25. The van der Waals surface area contributed by atoms with Gasteiger partial charge in [-0.25, -0.2) is 18.6 Å². The SMILES string of the molecule is Cc1cnc([C@H](C)CNC(=O)Nc2nnc(C(F)F)s2)s1. The van der Waals surface area contributed by atoms with E-state index in [1.807, 2.05) is 13.8 Å². The smallest absolute Gasteiger partial charge is 0.321 e. The van der Waals surface area contributed by atoms with Crippen molar-refractivity contribution in [1.82, 2.24) is 20.5 Å². The minimum absolute atomic E-state index is 0.0422. The van der Waals surface area contributed by atoms with Gasteiger partial charge in [-0.15, -0.1) is 21.5 Å². The number of thiazole rings is 1. The Morgan fingerprint density at radius 1 is 1.33 bits per heavy atom. The second-order valence-corrected chi connectivity index (χ2v) is 6.57. The van der Waals surface area contributed by atoms with Crippen LogP contribution in [-0.2, 0) is 0 Å². The first-order valence-corrected chi connectivity index (χ1v) is 7.67. The Kier molecular flexibility index (Phi) is 5.12. The molecule has 0 fully saturated rings. The van der Waals surface area contributed by atoms with Gasteiger partial charge in [0.1, 0.15) is 0 Å². The van der Waals surface area contributed by atoms with Gasteiger partial charge in [-0.05, 0) is 6.92 Å². The number of nitrogens with one attached hydrogen (secondary N) is 2. The lowest BCUT2D eigenvalue weighted by Crippen LogP contribution is -2.31. The second kappa shape index (κ2) is 6.85. The number of alkyl halides is 2. The molecule has 2 amide bonds. The number of aryl methyl sites for hydroxylation is 1. The molecule has 21 heavy (non-hydrogen) atoms. The summed E-state index contributed by atoms with van der Waals surface area (Å²) in [6.45, 7) is 4.29. The topological polar surface area (TPSA) is 79.8 Å². The van der Waals surface area contributed by atoms with Crippen LogP contribution in [0.3, 0.4) is 0 Å². The maximum Gasteiger partial charge on any atom is 0.321 e. The zero-order valence-electron chi connectivity index (χ0n) is 11.3. The summed E-state index contributed by atoms with van der Waals surface area (Å²) in [5.74, 6) is 0.0699. The van der Waals surface area contributed by atoms with Crippen molar-refractivity contribution in [2.75, 3.05) is 11.9 Å². The lowest BCUT2D eigenvalue weighted by Gasteiger charge is -2.09. The standard InChI is InChI=1S/C11H13F2N5OS2/c1-5(8-14-4-6(2)20-8)3-15-10(19)16-11-18-17-9(21-11)7(12)13/h4-5,7H,3H2,1-2H3,(H2,15,16,18,19)/t5-/m1/s1. The molecule has 0 unspecified atom stereocenters. The van der Waals surface area contributed by atoms with Gasteiger partial charge in [0, 0.05) is 23.5 Å². The van der Waals surface area contributed by atoms with Crippen LogP contribution >= 0.6 is 22.7 Å². The number of aromatic nitrogens is 3. The molecule has 0 saturated carbocycles. The summed E-state index contributed by atoms with van der Waals surface area (Å²) in [5.41, 5.74) is 0. The van der Waals surface area contributed by atoms with Gasteiger partial charge >= 0.3 is 6.03 Å². The van der Waals surface area contributed by atoms with Crippen LogP contribution in [-0.4, -0.2) is 27.8 Å². The van der Waals surface area contributed by atoms with Crippen molar-refractivity contribution in [3.8, 4) is 0 Å². The number of hydrogen-bond donors (Lipinski definition) is 2. The third kappa shape index (κ3) is 4.39. The highest BCUT2D eigenvalue weighted by Gasteiger charge is 2.16. The summed E-state index contributed by atoms with van der Waals surface area (Å²) in [5, 5.41) is 12.3. The minimum Gasteiger partial charge on any atom is -0.337 e. The van der Waals surface area contributed by atoms with Crippen LogP contribution < -0.4 is 10.6 Å². The van der Waals surface area contributed by atoms with Gasteiger partial charge in [0.15, 0.2) is 5.01 Å². The molecule has 1 atom stereocenters. The van der Waals surface area contributed by atoms with Gasteiger partial charge in [-0.1, -0.05) is 18.3 Å². The first-order chi connectivity index (χ1) is 9.95.